The third-order valence-electron chi connectivity index (χ3n) is 4.34. The van der Waals surface area contributed by atoms with Crippen molar-refractivity contribution in [3.63, 3.8) is 0 Å². The SMILES string of the molecule is CC(C(=O)NC(=O)NCc1ccccc1)N1CCC(C(=O)O)CC1.Cl. The molecule has 3 N–H and O–H groups in total. The standard InChI is InChI=1S/C17H23N3O4.ClH/c1-12(20-9-7-14(8-10-20)16(22)23)15(21)19-17(24)18-11-13-5-3-2-4-6-13;/h2-6,12,14H,7-11H2,1H3,(H,22,23)(H2,18,19,21,24);1H. The Morgan fingerprint density at radius 2 is 1.80 bits per heavy atom. The lowest BCUT2D eigenvalue weighted by Gasteiger charge is -2.33. The molecule has 25 heavy (non-hydrogen) atoms. The molecule has 3 amide bonds. The number of hydrogen-bond acceptors (Lipinski definition) is 4. The highest BCUT2D eigenvalue weighted by atomic mass is 35.5. The number of carbonyl (C=O) groups is 3. The number of carboxylic acid groups (broad SMARTS) is 1. The molecule has 0 radical (unpaired) electrons. The van der Waals surface area contributed by atoms with Crippen LogP contribution in [0.25, 0.3) is 0 Å². The molecule has 1 aliphatic rings. The van der Waals surface area contributed by atoms with Crippen molar-refractivity contribution in [2.45, 2.75) is 32.4 Å². The average molecular weight is 370 g/mol. The Morgan fingerprint density at radius 1 is 1.20 bits per heavy atom. The third kappa shape index (κ3) is 6.36. The van der Waals surface area contributed by atoms with Gasteiger partial charge in [-0.05, 0) is 38.4 Å². The molecule has 1 aromatic rings. The van der Waals surface area contributed by atoms with Crippen LogP contribution in [0.3, 0.4) is 0 Å². The fourth-order valence-electron chi connectivity index (χ4n) is 2.74. The molecule has 0 spiro atoms. The van der Waals surface area contributed by atoms with Gasteiger partial charge in [-0.15, -0.1) is 12.4 Å². The number of urea groups is 1. The van der Waals surface area contributed by atoms with Gasteiger partial charge in [0.1, 0.15) is 0 Å². The summed E-state index contributed by atoms with van der Waals surface area (Å²) in [6, 6.07) is 8.42. The molecule has 1 heterocycles. The molecule has 0 aromatic heterocycles. The van der Waals surface area contributed by atoms with Crippen molar-refractivity contribution in [3.05, 3.63) is 35.9 Å². The normalized spacial score (nSPS) is 16.4. The summed E-state index contributed by atoms with van der Waals surface area (Å²) >= 11 is 0. The van der Waals surface area contributed by atoms with E-state index in [2.05, 4.69) is 10.6 Å². The van der Waals surface area contributed by atoms with Gasteiger partial charge in [0.05, 0.1) is 12.0 Å². The summed E-state index contributed by atoms with van der Waals surface area (Å²) in [5.74, 6) is -1.51. The van der Waals surface area contributed by atoms with Crippen LogP contribution in [-0.2, 0) is 16.1 Å². The van der Waals surface area contributed by atoms with E-state index < -0.39 is 18.0 Å². The number of nitrogens with one attached hydrogen (secondary N) is 2. The highest BCUT2D eigenvalue weighted by Gasteiger charge is 2.30. The molecule has 7 nitrogen and oxygen atoms in total. The lowest BCUT2D eigenvalue weighted by atomic mass is 9.96. The van der Waals surface area contributed by atoms with Gasteiger partial charge in [0.25, 0.3) is 0 Å². The van der Waals surface area contributed by atoms with Gasteiger partial charge in [-0.1, -0.05) is 30.3 Å². The molecule has 1 aromatic carbocycles. The number of amides is 3. The molecular formula is C17H24ClN3O4. The van der Waals surface area contributed by atoms with E-state index in [1.807, 2.05) is 35.2 Å². The molecule has 1 unspecified atom stereocenters. The van der Waals surface area contributed by atoms with E-state index in [-0.39, 0.29) is 24.2 Å². The van der Waals surface area contributed by atoms with Gasteiger partial charge >= 0.3 is 12.0 Å². The Morgan fingerprint density at radius 3 is 2.36 bits per heavy atom. The minimum atomic E-state index is -0.785. The van der Waals surface area contributed by atoms with E-state index in [0.29, 0.717) is 32.5 Å². The maximum atomic E-state index is 12.1. The van der Waals surface area contributed by atoms with Gasteiger partial charge in [0, 0.05) is 6.54 Å². The first-order chi connectivity index (χ1) is 11.5. The summed E-state index contributed by atoms with van der Waals surface area (Å²) in [6.07, 6.45) is 1.04. The van der Waals surface area contributed by atoms with E-state index in [1.165, 1.54) is 0 Å². The van der Waals surface area contributed by atoms with Crippen molar-refractivity contribution in [1.29, 1.82) is 0 Å². The number of hydrogen-bond donors (Lipinski definition) is 3. The Labute approximate surface area is 153 Å². The van der Waals surface area contributed by atoms with Crippen molar-refractivity contribution in [2.24, 2.45) is 5.92 Å². The van der Waals surface area contributed by atoms with Crippen molar-refractivity contribution >= 4 is 30.3 Å². The number of piperidine rings is 1. The highest BCUT2D eigenvalue weighted by molar-refractivity contribution is 5.96. The lowest BCUT2D eigenvalue weighted by Crippen LogP contribution is -2.51. The molecule has 8 heteroatoms. The Hall–Kier alpha value is -2.12. The number of carbonyl (C=O) groups excluding carboxylic acids is 2. The summed E-state index contributed by atoms with van der Waals surface area (Å²) in [5, 5.41) is 14.0. The van der Waals surface area contributed by atoms with Gasteiger partial charge < -0.3 is 10.4 Å². The summed E-state index contributed by atoms with van der Waals surface area (Å²) in [5.41, 5.74) is 0.948. The Balaban J connectivity index is 0.00000312. The fraction of sp³-hybridized carbons (Fsp3) is 0.471. The lowest BCUT2D eigenvalue weighted by molar-refractivity contribution is -0.143. The molecule has 1 atom stereocenters. The molecular weight excluding hydrogens is 346 g/mol. The fourth-order valence-corrected chi connectivity index (χ4v) is 2.74. The summed E-state index contributed by atoms with van der Waals surface area (Å²) < 4.78 is 0. The largest absolute Gasteiger partial charge is 0.481 e. The molecule has 1 aliphatic heterocycles. The van der Waals surface area contributed by atoms with Crippen LogP contribution in [-0.4, -0.2) is 47.0 Å². The number of carboxylic acids is 1. The van der Waals surface area contributed by atoms with E-state index in [0.717, 1.165) is 5.56 Å². The van der Waals surface area contributed by atoms with E-state index in [4.69, 9.17) is 5.11 Å². The van der Waals surface area contributed by atoms with Crippen LogP contribution in [0.1, 0.15) is 25.3 Å². The number of likely N-dealkylation sites (tertiary alicyclic amines) is 1. The minimum Gasteiger partial charge on any atom is -0.481 e. The van der Waals surface area contributed by atoms with Crippen LogP contribution in [0, 0.1) is 5.92 Å². The highest BCUT2D eigenvalue weighted by Crippen LogP contribution is 2.19. The van der Waals surface area contributed by atoms with Crippen LogP contribution >= 0.6 is 12.4 Å². The summed E-state index contributed by atoms with van der Waals surface area (Å²) in [6.45, 7) is 3.15. The predicted octanol–water partition coefficient (Wildman–Crippen LogP) is 1.62. The minimum absolute atomic E-state index is 0. The number of imide groups is 1. The first-order valence-electron chi connectivity index (χ1n) is 8.07. The maximum Gasteiger partial charge on any atom is 0.321 e. The number of halogens is 1. The number of aliphatic carboxylic acids is 1. The number of nitrogens with zero attached hydrogens (tertiary/aromatic N) is 1. The average Bonchev–Trinajstić information content (AvgIpc) is 2.60. The van der Waals surface area contributed by atoms with Gasteiger partial charge in [-0.25, -0.2) is 4.79 Å². The molecule has 0 aliphatic carbocycles. The number of rotatable bonds is 5. The van der Waals surface area contributed by atoms with Gasteiger partial charge in [-0.2, -0.15) is 0 Å². The zero-order valence-corrected chi connectivity index (χ0v) is 14.9. The quantitative estimate of drug-likeness (QED) is 0.732. The maximum absolute atomic E-state index is 12.1. The molecule has 1 fully saturated rings. The van der Waals surface area contributed by atoms with Crippen LogP contribution in [0.5, 0.6) is 0 Å². The van der Waals surface area contributed by atoms with Crippen LogP contribution < -0.4 is 10.6 Å². The van der Waals surface area contributed by atoms with E-state index in [9.17, 15) is 14.4 Å². The van der Waals surface area contributed by atoms with Crippen molar-refractivity contribution in [1.82, 2.24) is 15.5 Å². The van der Waals surface area contributed by atoms with E-state index >= 15 is 0 Å². The van der Waals surface area contributed by atoms with E-state index in [1.54, 1.807) is 6.92 Å². The van der Waals surface area contributed by atoms with Gasteiger partial charge in [0.2, 0.25) is 5.91 Å². The van der Waals surface area contributed by atoms with Crippen molar-refractivity contribution in [3.8, 4) is 0 Å². The second-order valence-electron chi connectivity index (χ2n) is 5.98. The zero-order valence-electron chi connectivity index (χ0n) is 14.1. The number of benzene rings is 1. The van der Waals surface area contributed by atoms with Crippen LogP contribution in [0.15, 0.2) is 30.3 Å². The van der Waals surface area contributed by atoms with Gasteiger partial charge in [0.15, 0.2) is 0 Å². The molecule has 0 saturated carbocycles. The Bertz CT molecular complexity index is 589. The first kappa shape index (κ1) is 20.9. The summed E-state index contributed by atoms with van der Waals surface area (Å²) in [7, 11) is 0. The van der Waals surface area contributed by atoms with Crippen LogP contribution in [0.2, 0.25) is 0 Å². The molecule has 1 saturated heterocycles. The van der Waals surface area contributed by atoms with Crippen LogP contribution in [0.4, 0.5) is 4.79 Å². The topological polar surface area (TPSA) is 98.7 Å². The van der Waals surface area contributed by atoms with Crippen molar-refractivity contribution < 1.29 is 19.5 Å². The predicted molar refractivity (Wildman–Crippen MR) is 95.5 cm³/mol. The second-order valence-corrected chi connectivity index (χ2v) is 5.98. The van der Waals surface area contributed by atoms with Crippen molar-refractivity contribution in [2.75, 3.05) is 13.1 Å². The summed E-state index contributed by atoms with van der Waals surface area (Å²) in [4.78, 5) is 36.8. The van der Waals surface area contributed by atoms with Gasteiger partial charge in [-0.3, -0.25) is 19.8 Å². The zero-order chi connectivity index (χ0) is 17.5. The molecule has 0 bridgehead atoms. The molecule has 2 rings (SSSR count). The smallest absolute Gasteiger partial charge is 0.321 e. The Kier molecular flexibility index (Phi) is 8.37. The first-order valence-corrected chi connectivity index (χ1v) is 8.07. The second kappa shape index (κ2) is 10.0. The third-order valence-corrected chi connectivity index (χ3v) is 4.34. The monoisotopic (exact) mass is 369 g/mol. The molecule has 138 valence electrons.